The maximum absolute atomic E-state index is 12.5. The highest BCUT2D eigenvalue weighted by Crippen LogP contribution is 2.24. The third-order valence-electron chi connectivity index (χ3n) is 4.47. The Labute approximate surface area is 155 Å². The van der Waals surface area contributed by atoms with Gasteiger partial charge in [-0.15, -0.1) is 11.3 Å². The van der Waals surface area contributed by atoms with E-state index in [1.807, 2.05) is 42.7 Å². The zero-order valence-corrected chi connectivity index (χ0v) is 15.5. The third kappa shape index (κ3) is 3.32. The standard InChI is InChI=1S/C18H20N6OS/c1-24(2)18-19-10-11-8-12(5-6-13(11)21-18)20-17(25)15-9-14(22-23-15)16-4-3-7-26-16/h3-4,7,9-10,12H,5-6,8H2,1-2H3,(H,20,25)(H,22,23). The van der Waals surface area contributed by atoms with E-state index in [9.17, 15) is 4.79 Å². The lowest BCUT2D eigenvalue weighted by atomic mass is 9.93. The number of anilines is 1. The molecule has 0 aliphatic heterocycles. The molecule has 0 spiro atoms. The Kier molecular flexibility index (Phi) is 4.42. The number of carbonyl (C=O) groups is 1. The molecule has 2 N–H and O–H groups in total. The fourth-order valence-electron chi connectivity index (χ4n) is 3.09. The minimum absolute atomic E-state index is 0.0747. The minimum Gasteiger partial charge on any atom is -0.348 e. The van der Waals surface area contributed by atoms with Crippen molar-refractivity contribution in [2.75, 3.05) is 19.0 Å². The molecule has 1 aliphatic rings. The summed E-state index contributed by atoms with van der Waals surface area (Å²) in [6, 6.07) is 5.85. The molecule has 0 radical (unpaired) electrons. The van der Waals surface area contributed by atoms with Crippen molar-refractivity contribution in [1.29, 1.82) is 0 Å². The molecule has 0 saturated carbocycles. The van der Waals surface area contributed by atoms with E-state index in [2.05, 4.69) is 25.5 Å². The van der Waals surface area contributed by atoms with Crippen molar-refractivity contribution in [3.8, 4) is 10.6 Å². The molecule has 134 valence electrons. The van der Waals surface area contributed by atoms with Gasteiger partial charge in [0.05, 0.1) is 10.6 Å². The Bertz CT molecular complexity index is 918. The van der Waals surface area contributed by atoms with Crippen LogP contribution in [0.2, 0.25) is 0 Å². The first-order valence-corrected chi connectivity index (χ1v) is 9.40. The van der Waals surface area contributed by atoms with E-state index in [-0.39, 0.29) is 11.9 Å². The van der Waals surface area contributed by atoms with Crippen molar-refractivity contribution in [2.45, 2.75) is 25.3 Å². The smallest absolute Gasteiger partial charge is 0.272 e. The summed E-state index contributed by atoms with van der Waals surface area (Å²) in [6.07, 6.45) is 4.33. The second kappa shape index (κ2) is 6.87. The molecule has 0 saturated heterocycles. The van der Waals surface area contributed by atoms with E-state index in [1.165, 1.54) is 0 Å². The highest BCUT2D eigenvalue weighted by molar-refractivity contribution is 7.13. The zero-order valence-electron chi connectivity index (χ0n) is 14.7. The molecule has 8 heteroatoms. The normalized spacial score (nSPS) is 16.2. The fourth-order valence-corrected chi connectivity index (χ4v) is 3.78. The number of aromatic amines is 1. The van der Waals surface area contributed by atoms with Crippen LogP contribution in [0, 0.1) is 0 Å². The summed E-state index contributed by atoms with van der Waals surface area (Å²) in [6.45, 7) is 0. The third-order valence-corrected chi connectivity index (χ3v) is 5.37. The Balaban J connectivity index is 1.43. The van der Waals surface area contributed by atoms with Crippen molar-refractivity contribution >= 4 is 23.2 Å². The molecule has 1 atom stereocenters. The van der Waals surface area contributed by atoms with Gasteiger partial charge in [0, 0.05) is 32.0 Å². The first-order chi connectivity index (χ1) is 12.6. The molecule has 7 nitrogen and oxygen atoms in total. The number of aromatic nitrogens is 4. The number of rotatable bonds is 4. The second-order valence-corrected chi connectivity index (χ2v) is 7.54. The molecule has 26 heavy (non-hydrogen) atoms. The molecule has 3 aromatic rings. The summed E-state index contributed by atoms with van der Waals surface area (Å²) in [5.74, 6) is 0.576. The maximum Gasteiger partial charge on any atom is 0.272 e. The van der Waals surface area contributed by atoms with Crippen molar-refractivity contribution < 1.29 is 4.79 Å². The first-order valence-electron chi connectivity index (χ1n) is 8.52. The zero-order chi connectivity index (χ0) is 18.1. The SMILES string of the molecule is CN(C)c1ncc2c(n1)CCC(NC(=O)c1cc(-c3cccs3)[nH]n1)C2. The first kappa shape index (κ1) is 16.7. The molecule has 0 fully saturated rings. The van der Waals surface area contributed by atoms with Crippen LogP contribution in [-0.2, 0) is 12.8 Å². The van der Waals surface area contributed by atoms with Gasteiger partial charge in [-0.2, -0.15) is 5.10 Å². The van der Waals surface area contributed by atoms with Crippen LogP contribution in [0.4, 0.5) is 5.95 Å². The van der Waals surface area contributed by atoms with Crippen LogP contribution in [-0.4, -0.2) is 46.2 Å². The van der Waals surface area contributed by atoms with Crippen molar-refractivity contribution in [3.63, 3.8) is 0 Å². The van der Waals surface area contributed by atoms with Crippen LogP contribution in [0.25, 0.3) is 10.6 Å². The van der Waals surface area contributed by atoms with E-state index in [1.54, 1.807) is 17.4 Å². The average molecular weight is 368 g/mol. The quantitative estimate of drug-likeness (QED) is 0.738. The van der Waals surface area contributed by atoms with Gasteiger partial charge in [0.2, 0.25) is 5.95 Å². The lowest BCUT2D eigenvalue weighted by Crippen LogP contribution is -2.39. The summed E-state index contributed by atoms with van der Waals surface area (Å²) in [5.41, 5.74) is 3.46. The molecular formula is C18H20N6OS. The topological polar surface area (TPSA) is 86.8 Å². The van der Waals surface area contributed by atoms with Gasteiger partial charge in [0.25, 0.3) is 5.91 Å². The van der Waals surface area contributed by atoms with Crippen LogP contribution in [0.3, 0.4) is 0 Å². The van der Waals surface area contributed by atoms with Gasteiger partial charge in [-0.05, 0) is 42.3 Å². The van der Waals surface area contributed by atoms with E-state index < -0.39 is 0 Å². The molecule has 4 rings (SSSR count). The van der Waals surface area contributed by atoms with Gasteiger partial charge in [-0.1, -0.05) is 6.07 Å². The second-order valence-electron chi connectivity index (χ2n) is 6.59. The van der Waals surface area contributed by atoms with Gasteiger partial charge in [-0.25, -0.2) is 9.97 Å². The van der Waals surface area contributed by atoms with Crippen LogP contribution in [0.5, 0.6) is 0 Å². The summed E-state index contributed by atoms with van der Waals surface area (Å²) in [5, 5.41) is 12.2. The number of aryl methyl sites for hydroxylation is 1. The molecule has 1 aliphatic carbocycles. The van der Waals surface area contributed by atoms with E-state index in [0.29, 0.717) is 5.69 Å². The average Bonchev–Trinajstić information content (AvgIpc) is 3.32. The van der Waals surface area contributed by atoms with Gasteiger partial charge in [-0.3, -0.25) is 9.89 Å². The Morgan fingerprint density at radius 2 is 2.31 bits per heavy atom. The summed E-state index contributed by atoms with van der Waals surface area (Å²) < 4.78 is 0. The monoisotopic (exact) mass is 368 g/mol. The molecule has 1 unspecified atom stereocenters. The number of H-pyrrole nitrogens is 1. The number of fused-ring (bicyclic) bond motifs is 1. The van der Waals surface area contributed by atoms with Crippen molar-refractivity contribution in [1.82, 2.24) is 25.5 Å². The van der Waals surface area contributed by atoms with Gasteiger partial charge in [0.15, 0.2) is 5.69 Å². The molecule has 0 aromatic carbocycles. The number of carbonyl (C=O) groups excluding carboxylic acids is 1. The summed E-state index contributed by atoms with van der Waals surface area (Å²) in [4.78, 5) is 24.5. The van der Waals surface area contributed by atoms with Crippen LogP contribution in [0.15, 0.2) is 29.8 Å². The highest BCUT2D eigenvalue weighted by atomic mass is 32.1. The minimum atomic E-state index is -0.150. The van der Waals surface area contributed by atoms with E-state index >= 15 is 0 Å². The van der Waals surface area contributed by atoms with E-state index in [4.69, 9.17) is 0 Å². The van der Waals surface area contributed by atoms with Crippen LogP contribution in [0.1, 0.15) is 28.2 Å². The number of hydrogen-bond acceptors (Lipinski definition) is 6. The molecule has 0 bridgehead atoms. The Hall–Kier alpha value is -2.74. The number of hydrogen-bond donors (Lipinski definition) is 2. The molecule has 3 heterocycles. The highest BCUT2D eigenvalue weighted by Gasteiger charge is 2.23. The van der Waals surface area contributed by atoms with Gasteiger partial charge < -0.3 is 10.2 Å². The lowest BCUT2D eigenvalue weighted by molar-refractivity contribution is 0.0928. The van der Waals surface area contributed by atoms with Gasteiger partial charge in [0.1, 0.15) is 0 Å². The van der Waals surface area contributed by atoms with Crippen molar-refractivity contribution in [3.05, 3.63) is 46.7 Å². The predicted octanol–water partition coefficient (Wildman–Crippen LogP) is 2.28. The Morgan fingerprint density at radius 3 is 3.08 bits per heavy atom. The predicted molar refractivity (Wildman–Crippen MR) is 102 cm³/mol. The Morgan fingerprint density at radius 1 is 1.42 bits per heavy atom. The van der Waals surface area contributed by atoms with E-state index in [0.717, 1.165) is 47.0 Å². The molecular weight excluding hydrogens is 348 g/mol. The summed E-state index contributed by atoms with van der Waals surface area (Å²) >= 11 is 1.61. The maximum atomic E-state index is 12.5. The number of amides is 1. The molecule has 1 amide bonds. The number of nitrogens with one attached hydrogen (secondary N) is 2. The lowest BCUT2D eigenvalue weighted by Gasteiger charge is -2.25. The summed E-state index contributed by atoms with van der Waals surface area (Å²) in [7, 11) is 3.86. The number of thiophene rings is 1. The number of nitrogens with zero attached hydrogens (tertiary/aromatic N) is 4. The van der Waals surface area contributed by atoms with Crippen molar-refractivity contribution in [2.24, 2.45) is 0 Å². The largest absolute Gasteiger partial charge is 0.348 e. The van der Waals surface area contributed by atoms with Crippen LogP contribution < -0.4 is 10.2 Å². The fraction of sp³-hybridized carbons (Fsp3) is 0.333. The molecule has 3 aromatic heterocycles. The van der Waals surface area contributed by atoms with Crippen LogP contribution >= 0.6 is 11.3 Å². The van der Waals surface area contributed by atoms with Gasteiger partial charge >= 0.3 is 0 Å².